The Morgan fingerprint density at radius 1 is 1.19 bits per heavy atom. The van der Waals surface area contributed by atoms with Gasteiger partial charge in [-0.05, 0) is 71.8 Å². The third-order valence-electron chi connectivity index (χ3n) is 5.79. The first kappa shape index (κ1) is 17.2. The second-order valence-electron chi connectivity index (χ2n) is 6.99. The highest BCUT2D eigenvalue weighted by atomic mass is 16.3. The quantitative estimate of drug-likeness (QED) is 0.715. The summed E-state index contributed by atoms with van der Waals surface area (Å²) in [6.45, 7) is 8.76. The average molecular weight is 297 g/mol. The summed E-state index contributed by atoms with van der Waals surface area (Å²) in [7, 11) is 1.97. The zero-order valence-electron chi connectivity index (χ0n) is 14.1. The molecule has 2 saturated heterocycles. The molecule has 21 heavy (non-hydrogen) atoms. The van der Waals surface area contributed by atoms with Gasteiger partial charge in [-0.25, -0.2) is 0 Å². The average Bonchev–Trinajstić information content (AvgIpc) is 3.02. The molecule has 4 heteroatoms. The fourth-order valence-corrected chi connectivity index (χ4v) is 3.99. The fraction of sp³-hybridized carbons (Fsp3) is 1.00. The monoisotopic (exact) mass is 297 g/mol. The van der Waals surface area contributed by atoms with Crippen LogP contribution in [0.4, 0.5) is 0 Å². The lowest BCUT2D eigenvalue weighted by atomic mass is 9.91. The summed E-state index contributed by atoms with van der Waals surface area (Å²) in [5.41, 5.74) is -0.0635. The Kier molecular flexibility index (Phi) is 6.93. The third kappa shape index (κ3) is 4.65. The molecule has 2 N–H and O–H groups in total. The number of nitrogens with one attached hydrogen (secondary N) is 1. The predicted octanol–water partition coefficient (Wildman–Crippen LogP) is 1.69. The molecule has 0 aromatic heterocycles. The Morgan fingerprint density at radius 3 is 2.57 bits per heavy atom. The molecular formula is C17H35N3O. The van der Waals surface area contributed by atoms with Crippen molar-refractivity contribution in [3.63, 3.8) is 0 Å². The highest BCUT2D eigenvalue weighted by Crippen LogP contribution is 2.22. The van der Waals surface area contributed by atoms with E-state index in [2.05, 4.69) is 22.0 Å². The van der Waals surface area contributed by atoms with Crippen LogP contribution in [0.2, 0.25) is 0 Å². The molecule has 2 aliphatic rings. The molecule has 0 bridgehead atoms. The van der Waals surface area contributed by atoms with E-state index in [0.717, 1.165) is 18.9 Å². The molecule has 2 rings (SSSR count). The smallest absolute Gasteiger partial charge is 0.0613 e. The molecule has 2 atom stereocenters. The summed E-state index contributed by atoms with van der Waals surface area (Å²) in [5, 5.41) is 12.9. The lowest BCUT2D eigenvalue weighted by Gasteiger charge is -2.33. The van der Waals surface area contributed by atoms with Crippen molar-refractivity contribution in [1.82, 2.24) is 15.1 Å². The first-order valence-corrected chi connectivity index (χ1v) is 8.99. The van der Waals surface area contributed by atoms with Crippen molar-refractivity contribution in [3.8, 4) is 0 Å². The summed E-state index contributed by atoms with van der Waals surface area (Å²) in [6.07, 6.45) is 8.82. The normalized spacial score (nSPS) is 27.9. The van der Waals surface area contributed by atoms with Crippen molar-refractivity contribution >= 4 is 0 Å². The van der Waals surface area contributed by atoms with Crippen molar-refractivity contribution in [2.24, 2.45) is 0 Å². The van der Waals surface area contributed by atoms with Gasteiger partial charge in [0.05, 0.1) is 6.61 Å². The summed E-state index contributed by atoms with van der Waals surface area (Å²) in [6, 6.07) is 0.809. The molecule has 0 aromatic rings. The maximum Gasteiger partial charge on any atom is 0.0613 e. The molecule has 0 radical (unpaired) electrons. The van der Waals surface area contributed by atoms with Crippen LogP contribution in [0.5, 0.6) is 0 Å². The summed E-state index contributed by atoms with van der Waals surface area (Å²) < 4.78 is 0. The van der Waals surface area contributed by atoms with Crippen molar-refractivity contribution in [2.75, 3.05) is 46.4 Å². The molecule has 0 spiro atoms. The molecule has 0 saturated carbocycles. The minimum atomic E-state index is -0.0635. The molecule has 2 aliphatic heterocycles. The fourth-order valence-electron chi connectivity index (χ4n) is 3.99. The summed E-state index contributed by atoms with van der Waals surface area (Å²) >= 11 is 0. The van der Waals surface area contributed by atoms with E-state index in [1.807, 2.05) is 7.05 Å². The van der Waals surface area contributed by atoms with E-state index in [0.29, 0.717) is 0 Å². The Morgan fingerprint density at radius 2 is 1.95 bits per heavy atom. The van der Waals surface area contributed by atoms with Gasteiger partial charge in [-0.2, -0.15) is 0 Å². The lowest BCUT2D eigenvalue weighted by molar-refractivity contribution is 0.143. The van der Waals surface area contributed by atoms with E-state index < -0.39 is 0 Å². The minimum absolute atomic E-state index is 0.0635. The largest absolute Gasteiger partial charge is 0.394 e. The van der Waals surface area contributed by atoms with E-state index in [1.165, 1.54) is 64.8 Å². The molecule has 2 fully saturated rings. The molecule has 0 aliphatic carbocycles. The number of hydrogen-bond donors (Lipinski definition) is 2. The van der Waals surface area contributed by atoms with Gasteiger partial charge in [-0.3, -0.25) is 4.90 Å². The Bertz CT molecular complexity index is 279. The number of hydrogen-bond acceptors (Lipinski definition) is 4. The molecule has 2 heterocycles. The van der Waals surface area contributed by atoms with Gasteiger partial charge < -0.3 is 15.3 Å². The summed E-state index contributed by atoms with van der Waals surface area (Å²) in [4.78, 5) is 5.36. The second-order valence-corrected chi connectivity index (χ2v) is 6.99. The van der Waals surface area contributed by atoms with Gasteiger partial charge in [0.15, 0.2) is 0 Å². The van der Waals surface area contributed by atoms with Crippen molar-refractivity contribution in [2.45, 2.75) is 63.5 Å². The van der Waals surface area contributed by atoms with Crippen LogP contribution in [0, 0.1) is 0 Å². The number of aliphatic hydroxyl groups excluding tert-OH is 1. The van der Waals surface area contributed by atoms with Crippen LogP contribution in [0.3, 0.4) is 0 Å². The van der Waals surface area contributed by atoms with Gasteiger partial charge in [0.25, 0.3) is 0 Å². The maximum atomic E-state index is 9.60. The number of likely N-dealkylation sites (N-methyl/N-ethyl adjacent to an activating group) is 1. The van der Waals surface area contributed by atoms with Gasteiger partial charge in [0, 0.05) is 18.1 Å². The van der Waals surface area contributed by atoms with Crippen molar-refractivity contribution in [1.29, 1.82) is 0 Å². The molecule has 0 amide bonds. The number of rotatable bonds is 8. The predicted molar refractivity (Wildman–Crippen MR) is 88.7 cm³/mol. The summed E-state index contributed by atoms with van der Waals surface area (Å²) in [5.74, 6) is 0. The standard InChI is InChI=1S/C17H35N3O/c1-3-17(15-21,18-2)9-7-10-19-13-8-16(14-19)20-11-5-4-6-12-20/h16,18,21H,3-15H2,1-2H3. The van der Waals surface area contributed by atoms with Crippen LogP contribution in [0.15, 0.2) is 0 Å². The maximum absolute atomic E-state index is 9.60. The molecule has 124 valence electrons. The number of nitrogens with zero attached hydrogens (tertiary/aromatic N) is 2. The first-order chi connectivity index (χ1) is 10.2. The van der Waals surface area contributed by atoms with Gasteiger partial charge in [0.2, 0.25) is 0 Å². The highest BCUT2D eigenvalue weighted by Gasteiger charge is 2.29. The van der Waals surface area contributed by atoms with Crippen LogP contribution in [-0.2, 0) is 0 Å². The van der Waals surface area contributed by atoms with Gasteiger partial charge in [0.1, 0.15) is 0 Å². The number of likely N-dealkylation sites (tertiary alicyclic amines) is 2. The van der Waals surface area contributed by atoms with Crippen molar-refractivity contribution in [3.05, 3.63) is 0 Å². The second kappa shape index (κ2) is 8.47. The molecule has 0 aromatic carbocycles. The van der Waals surface area contributed by atoms with E-state index in [4.69, 9.17) is 0 Å². The van der Waals surface area contributed by atoms with E-state index in [9.17, 15) is 5.11 Å². The first-order valence-electron chi connectivity index (χ1n) is 8.99. The Balaban J connectivity index is 1.68. The van der Waals surface area contributed by atoms with Crippen LogP contribution < -0.4 is 5.32 Å². The van der Waals surface area contributed by atoms with Crippen LogP contribution in [0.25, 0.3) is 0 Å². The lowest BCUT2D eigenvalue weighted by Crippen LogP contribution is -2.46. The molecule has 4 nitrogen and oxygen atoms in total. The highest BCUT2D eigenvalue weighted by molar-refractivity contribution is 4.87. The number of piperidine rings is 1. The Labute approximate surface area is 130 Å². The SMILES string of the molecule is CCC(CO)(CCCN1CCC(N2CCCCC2)C1)NC. The minimum Gasteiger partial charge on any atom is -0.394 e. The van der Waals surface area contributed by atoms with E-state index in [-0.39, 0.29) is 12.1 Å². The molecule has 2 unspecified atom stereocenters. The van der Waals surface area contributed by atoms with Crippen LogP contribution in [0.1, 0.15) is 51.9 Å². The van der Waals surface area contributed by atoms with Crippen LogP contribution in [-0.4, -0.2) is 72.9 Å². The molecular weight excluding hydrogens is 262 g/mol. The van der Waals surface area contributed by atoms with Crippen LogP contribution >= 0.6 is 0 Å². The van der Waals surface area contributed by atoms with Gasteiger partial charge in [-0.1, -0.05) is 13.3 Å². The topological polar surface area (TPSA) is 38.7 Å². The van der Waals surface area contributed by atoms with E-state index in [1.54, 1.807) is 0 Å². The zero-order chi connectivity index (χ0) is 15.1. The Hall–Kier alpha value is -0.160. The zero-order valence-corrected chi connectivity index (χ0v) is 14.1. The van der Waals surface area contributed by atoms with Crippen molar-refractivity contribution < 1.29 is 5.11 Å². The van der Waals surface area contributed by atoms with Gasteiger partial charge >= 0.3 is 0 Å². The third-order valence-corrected chi connectivity index (χ3v) is 5.79. The number of aliphatic hydroxyl groups is 1. The van der Waals surface area contributed by atoms with Gasteiger partial charge in [-0.15, -0.1) is 0 Å². The van der Waals surface area contributed by atoms with E-state index >= 15 is 0 Å².